The van der Waals surface area contributed by atoms with Crippen LogP contribution in [0.1, 0.15) is 20.8 Å². The largest absolute Gasteiger partial charge is 0.465 e. The minimum absolute atomic E-state index is 0.141. The lowest BCUT2D eigenvalue weighted by Crippen LogP contribution is -2.16. The first-order chi connectivity index (χ1) is 14.7. The number of carbonyl (C=O) groups is 2. The molecule has 3 rings (SSSR count). The van der Waals surface area contributed by atoms with Crippen LogP contribution in [0.4, 0.5) is 10.7 Å². The zero-order valence-corrected chi connectivity index (χ0v) is 20.0. The maximum absolute atomic E-state index is 12.5. The van der Waals surface area contributed by atoms with Crippen molar-refractivity contribution in [3.05, 3.63) is 40.3 Å². The molecule has 1 amide bonds. The number of ether oxygens (including phenoxy) is 1. The number of aromatic nitrogens is 3. The molecule has 0 bridgehead atoms. The Balaban J connectivity index is 1.68. The molecule has 164 valence electrons. The van der Waals surface area contributed by atoms with Gasteiger partial charge in [-0.05, 0) is 43.7 Å². The van der Waals surface area contributed by atoms with E-state index in [1.165, 1.54) is 30.2 Å². The van der Waals surface area contributed by atoms with Gasteiger partial charge in [0.05, 0.1) is 18.4 Å². The summed E-state index contributed by atoms with van der Waals surface area (Å²) in [7, 11) is 7.18. The second kappa shape index (κ2) is 9.52. The van der Waals surface area contributed by atoms with E-state index in [0.717, 1.165) is 27.5 Å². The highest BCUT2D eigenvalue weighted by Gasteiger charge is 2.22. The fraction of sp³-hybridized carbons (Fsp3) is 0.333. The molecular weight excluding hydrogens is 434 g/mol. The molecule has 1 aromatic carbocycles. The van der Waals surface area contributed by atoms with E-state index < -0.39 is 5.97 Å². The Bertz CT molecular complexity index is 1100. The molecule has 8 nitrogen and oxygen atoms in total. The third-order valence-electron chi connectivity index (χ3n) is 4.84. The van der Waals surface area contributed by atoms with E-state index >= 15 is 0 Å². The molecule has 0 atom stereocenters. The minimum Gasteiger partial charge on any atom is -0.465 e. The number of rotatable bonds is 7. The summed E-state index contributed by atoms with van der Waals surface area (Å²) in [5.41, 5.74) is 3.27. The van der Waals surface area contributed by atoms with E-state index in [1.807, 2.05) is 68.7 Å². The van der Waals surface area contributed by atoms with Crippen molar-refractivity contribution in [1.29, 1.82) is 0 Å². The van der Waals surface area contributed by atoms with Crippen LogP contribution in [-0.4, -0.2) is 53.6 Å². The number of nitrogens with zero attached hydrogens (tertiary/aromatic N) is 4. The Kier molecular flexibility index (Phi) is 7.01. The maximum Gasteiger partial charge on any atom is 0.341 e. The van der Waals surface area contributed by atoms with Gasteiger partial charge in [0.15, 0.2) is 11.0 Å². The highest BCUT2D eigenvalue weighted by Crippen LogP contribution is 2.33. The second-order valence-corrected chi connectivity index (χ2v) is 9.29. The molecule has 2 aromatic heterocycles. The van der Waals surface area contributed by atoms with Gasteiger partial charge in [-0.15, -0.1) is 21.5 Å². The van der Waals surface area contributed by atoms with Gasteiger partial charge in [0.1, 0.15) is 5.00 Å². The topological polar surface area (TPSA) is 89.3 Å². The lowest BCUT2D eigenvalue weighted by Gasteiger charge is -2.12. The average Bonchev–Trinajstić information content (AvgIpc) is 3.24. The summed E-state index contributed by atoms with van der Waals surface area (Å²) in [6.45, 7) is 3.75. The lowest BCUT2D eigenvalue weighted by atomic mass is 10.1. The van der Waals surface area contributed by atoms with Gasteiger partial charge in [-0.3, -0.25) is 4.79 Å². The van der Waals surface area contributed by atoms with Crippen LogP contribution >= 0.6 is 23.1 Å². The van der Waals surface area contributed by atoms with Crippen molar-refractivity contribution in [3.63, 3.8) is 0 Å². The summed E-state index contributed by atoms with van der Waals surface area (Å²) in [4.78, 5) is 27.6. The van der Waals surface area contributed by atoms with E-state index in [2.05, 4.69) is 15.5 Å². The minimum atomic E-state index is -0.456. The summed E-state index contributed by atoms with van der Waals surface area (Å²) in [5.74, 6) is 0.187. The van der Waals surface area contributed by atoms with E-state index in [0.29, 0.717) is 15.7 Å². The summed E-state index contributed by atoms with van der Waals surface area (Å²) in [5, 5.41) is 12.5. The molecule has 0 aliphatic heterocycles. The number of amides is 1. The molecule has 3 aromatic rings. The number of aryl methyl sites for hydroxylation is 1. The Labute approximate surface area is 189 Å². The highest BCUT2D eigenvalue weighted by atomic mass is 32.2. The molecular formula is C21H25N5O3S2. The van der Waals surface area contributed by atoms with E-state index in [9.17, 15) is 9.59 Å². The number of hydrogen-bond donors (Lipinski definition) is 1. The molecule has 0 saturated heterocycles. The molecule has 0 saturated carbocycles. The number of esters is 1. The first-order valence-electron chi connectivity index (χ1n) is 9.51. The van der Waals surface area contributed by atoms with E-state index in [1.54, 1.807) is 0 Å². The Morgan fingerprint density at radius 3 is 2.48 bits per heavy atom. The molecule has 0 fully saturated rings. The number of thiophene rings is 1. The number of hydrogen-bond acceptors (Lipinski definition) is 8. The molecule has 0 aliphatic carbocycles. The number of carbonyl (C=O) groups excluding carboxylic acids is 2. The molecule has 0 aliphatic rings. The van der Waals surface area contributed by atoms with Crippen molar-refractivity contribution in [1.82, 2.24) is 14.8 Å². The Morgan fingerprint density at radius 1 is 1.19 bits per heavy atom. The fourth-order valence-corrected chi connectivity index (χ4v) is 4.73. The molecule has 1 N–H and O–H groups in total. The van der Waals surface area contributed by atoms with Gasteiger partial charge < -0.3 is 19.5 Å². The number of methoxy groups -OCH3 is 1. The molecule has 10 heteroatoms. The van der Waals surface area contributed by atoms with Crippen LogP contribution in [0.15, 0.2) is 29.4 Å². The third kappa shape index (κ3) is 4.91. The summed E-state index contributed by atoms with van der Waals surface area (Å²) in [6, 6.07) is 8.04. The first kappa shape index (κ1) is 22.8. The monoisotopic (exact) mass is 459 g/mol. The van der Waals surface area contributed by atoms with Crippen molar-refractivity contribution < 1.29 is 14.3 Å². The summed E-state index contributed by atoms with van der Waals surface area (Å²) in [6.07, 6.45) is 0. The van der Waals surface area contributed by atoms with Gasteiger partial charge in [0.25, 0.3) is 0 Å². The molecule has 2 heterocycles. The Hall–Kier alpha value is -2.85. The SMILES string of the molecule is COC(=O)c1c(NC(=O)CSc2nnc(-c3ccc(N(C)C)cc3)n2C)sc(C)c1C. The van der Waals surface area contributed by atoms with E-state index in [-0.39, 0.29) is 11.7 Å². The van der Waals surface area contributed by atoms with Crippen molar-refractivity contribution in [2.24, 2.45) is 7.05 Å². The van der Waals surface area contributed by atoms with Gasteiger partial charge in [0, 0.05) is 37.3 Å². The number of nitrogens with one attached hydrogen (secondary N) is 1. The van der Waals surface area contributed by atoms with Crippen LogP contribution in [0.25, 0.3) is 11.4 Å². The van der Waals surface area contributed by atoms with Gasteiger partial charge in [-0.25, -0.2) is 4.79 Å². The predicted octanol–water partition coefficient (Wildman–Crippen LogP) is 3.74. The van der Waals surface area contributed by atoms with Crippen LogP contribution in [0.5, 0.6) is 0 Å². The van der Waals surface area contributed by atoms with Crippen molar-refractivity contribution in [3.8, 4) is 11.4 Å². The molecule has 0 radical (unpaired) electrons. The second-order valence-electron chi connectivity index (χ2n) is 7.12. The van der Waals surface area contributed by atoms with Crippen molar-refractivity contribution in [2.75, 3.05) is 37.2 Å². The van der Waals surface area contributed by atoms with Gasteiger partial charge in [-0.1, -0.05) is 11.8 Å². The maximum atomic E-state index is 12.5. The average molecular weight is 460 g/mol. The quantitative estimate of drug-likeness (QED) is 0.425. The van der Waals surface area contributed by atoms with Crippen molar-refractivity contribution >= 4 is 45.7 Å². The first-order valence-corrected chi connectivity index (χ1v) is 11.3. The summed E-state index contributed by atoms with van der Waals surface area (Å²) >= 11 is 2.65. The normalized spacial score (nSPS) is 10.8. The standard InChI is InChI=1S/C21H25N5O3S2/c1-12-13(2)31-19(17(12)20(28)29-6)22-16(27)11-30-21-24-23-18(26(21)5)14-7-9-15(10-8-14)25(3)4/h7-10H,11H2,1-6H3,(H,22,27). The Morgan fingerprint density at radius 2 is 1.87 bits per heavy atom. The third-order valence-corrected chi connectivity index (χ3v) is 6.98. The van der Waals surface area contributed by atoms with Gasteiger partial charge in [-0.2, -0.15) is 0 Å². The molecule has 0 spiro atoms. The smallest absolute Gasteiger partial charge is 0.341 e. The molecule has 31 heavy (non-hydrogen) atoms. The number of benzene rings is 1. The van der Waals surface area contributed by atoms with Crippen LogP contribution < -0.4 is 10.2 Å². The van der Waals surface area contributed by atoms with Crippen LogP contribution in [0.2, 0.25) is 0 Å². The van der Waals surface area contributed by atoms with Crippen LogP contribution in [0.3, 0.4) is 0 Å². The predicted molar refractivity (Wildman–Crippen MR) is 125 cm³/mol. The highest BCUT2D eigenvalue weighted by molar-refractivity contribution is 7.99. The molecule has 0 unspecified atom stereocenters. The van der Waals surface area contributed by atoms with Gasteiger partial charge >= 0.3 is 5.97 Å². The van der Waals surface area contributed by atoms with Crippen molar-refractivity contribution in [2.45, 2.75) is 19.0 Å². The zero-order chi connectivity index (χ0) is 22.7. The van der Waals surface area contributed by atoms with E-state index in [4.69, 9.17) is 4.74 Å². The zero-order valence-electron chi connectivity index (χ0n) is 18.3. The van der Waals surface area contributed by atoms with Gasteiger partial charge in [0.2, 0.25) is 5.91 Å². The summed E-state index contributed by atoms with van der Waals surface area (Å²) < 4.78 is 6.71. The lowest BCUT2D eigenvalue weighted by molar-refractivity contribution is -0.113. The number of thioether (sulfide) groups is 1. The van der Waals surface area contributed by atoms with Crippen LogP contribution in [0, 0.1) is 13.8 Å². The van der Waals surface area contributed by atoms with Crippen LogP contribution in [-0.2, 0) is 16.6 Å². The number of anilines is 2. The fourth-order valence-electron chi connectivity index (χ4n) is 2.96.